The molecule has 6 heteroatoms. The molecule has 0 fully saturated rings. The van der Waals surface area contributed by atoms with Gasteiger partial charge in [0.1, 0.15) is 0 Å². The summed E-state index contributed by atoms with van der Waals surface area (Å²) in [7, 11) is 0. The molecular formula is C11H13NO4S. The monoisotopic (exact) mass is 255 g/mol. The average Bonchev–Trinajstić information content (AvgIpc) is 2.25. The van der Waals surface area contributed by atoms with Gasteiger partial charge in [0.2, 0.25) is 0 Å². The normalized spacial score (nSPS) is 10.5. The highest BCUT2D eigenvalue weighted by Crippen LogP contribution is 2.31. The zero-order chi connectivity index (χ0) is 13.0. The number of aromatic carboxylic acids is 1. The Hall–Kier alpha value is -1.56. The van der Waals surface area contributed by atoms with Crippen molar-refractivity contribution >= 4 is 23.4 Å². The molecule has 0 aromatic heterocycles. The fourth-order valence-corrected chi connectivity index (χ4v) is 2.13. The van der Waals surface area contributed by atoms with Crippen molar-refractivity contribution in [3.63, 3.8) is 0 Å². The summed E-state index contributed by atoms with van der Waals surface area (Å²) in [4.78, 5) is 21.5. The number of nitro benzene ring substituents is 1. The van der Waals surface area contributed by atoms with Crippen LogP contribution in [0.5, 0.6) is 0 Å². The molecular weight excluding hydrogens is 242 g/mol. The molecule has 92 valence electrons. The molecule has 1 rings (SSSR count). The first-order valence-electron chi connectivity index (χ1n) is 5.06. The fourth-order valence-electron chi connectivity index (χ4n) is 1.17. The number of rotatable bonds is 5. The SMILES string of the molecule is CC(C)CSc1ccc(C(=O)O)cc1[N+](=O)[O-]. The average molecular weight is 255 g/mol. The van der Waals surface area contributed by atoms with E-state index < -0.39 is 10.9 Å². The number of thioether (sulfide) groups is 1. The Morgan fingerprint density at radius 2 is 2.18 bits per heavy atom. The Morgan fingerprint density at radius 3 is 2.65 bits per heavy atom. The smallest absolute Gasteiger partial charge is 0.335 e. The number of carboxylic acids is 1. The zero-order valence-electron chi connectivity index (χ0n) is 9.54. The van der Waals surface area contributed by atoms with Crippen LogP contribution in [0, 0.1) is 16.0 Å². The minimum Gasteiger partial charge on any atom is -0.478 e. The molecule has 0 aliphatic heterocycles. The van der Waals surface area contributed by atoms with Crippen LogP contribution < -0.4 is 0 Å². The molecule has 1 aromatic rings. The largest absolute Gasteiger partial charge is 0.478 e. The van der Waals surface area contributed by atoms with Crippen LogP contribution in [0.2, 0.25) is 0 Å². The molecule has 0 saturated heterocycles. The lowest BCUT2D eigenvalue weighted by atomic mass is 10.2. The molecule has 5 nitrogen and oxygen atoms in total. The van der Waals surface area contributed by atoms with Gasteiger partial charge in [-0.2, -0.15) is 0 Å². The molecule has 0 aliphatic rings. The number of nitrogens with zero attached hydrogens (tertiary/aromatic N) is 1. The summed E-state index contributed by atoms with van der Waals surface area (Å²) in [6, 6.07) is 3.98. The van der Waals surface area contributed by atoms with Gasteiger partial charge in [-0.05, 0) is 18.1 Å². The molecule has 0 aliphatic carbocycles. The fraction of sp³-hybridized carbons (Fsp3) is 0.364. The maximum atomic E-state index is 10.8. The highest BCUT2D eigenvalue weighted by Gasteiger charge is 2.17. The van der Waals surface area contributed by atoms with Gasteiger partial charge in [-0.3, -0.25) is 10.1 Å². The van der Waals surface area contributed by atoms with Crippen molar-refractivity contribution in [2.75, 3.05) is 5.75 Å². The molecule has 0 radical (unpaired) electrons. The summed E-state index contributed by atoms with van der Waals surface area (Å²) < 4.78 is 0. The van der Waals surface area contributed by atoms with E-state index >= 15 is 0 Å². The van der Waals surface area contributed by atoms with E-state index in [9.17, 15) is 14.9 Å². The van der Waals surface area contributed by atoms with Crippen LogP contribution in [0.15, 0.2) is 23.1 Å². The van der Waals surface area contributed by atoms with Gasteiger partial charge in [0.15, 0.2) is 0 Å². The van der Waals surface area contributed by atoms with Gasteiger partial charge in [-0.1, -0.05) is 13.8 Å². The number of hydrogen-bond donors (Lipinski definition) is 1. The first kappa shape index (κ1) is 13.5. The van der Waals surface area contributed by atoms with Crippen LogP contribution in [0.1, 0.15) is 24.2 Å². The van der Waals surface area contributed by atoms with Gasteiger partial charge in [0.25, 0.3) is 5.69 Å². The molecule has 0 spiro atoms. The van der Waals surface area contributed by atoms with Gasteiger partial charge in [0, 0.05) is 11.8 Å². The van der Waals surface area contributed by atoms with Crippen molar-refractivity contribution in [3.05, 3.63) is 33.9 Å². The van der Waals surface area contributed by atoms with Crippen LogP contribution in [0.3, 0.4) is 0 Å². The third-order valence-electron chi connectivity index (χ3n) is 1.97. The van der Waals surface area contributed by atoms with Crippen molar-refractivity contribution < 1.29 is 14.8 Å². The molecule has 1 aromatic carbocycles. The van der Waals surface area contributed by atoms with Crippen molar-refractivity contribution in [2.24, 2.45) is 5.92 Å². The first-order chi connectivity index (χ1) is 7.91. The van der Waals surface area contributed by atoms with Gasteiger partial charge in [-0.15, -0.1) is 11.8 Å². The third kappa shape index (κ3) is 3.74. The Balaban J connectivity index is 3.04. The summed E-state index contributed by atoms with van der Waals surface area (Å²) in [5.41, 5.74) is -0.207. The first-order valence-corrected chi connectivity index (χ1v) is 6.05. The molecule has 0 saturated carbocycles. The summed E-state index contributed by atoms with van der Waals surface area (Å²) in [6.07, 6.45) is 0. The lowest BCUT2D eigenvalue weighted by molar-refractivity contribution is -0.387. The number of benzene rings is 1. The van der Waals surface area contributed by atoms with E-state index in [1.165, 1.54) is 23.9 Å². The lowest BCUT2D eigenvalue weighted by Crippen LogP contribution is -2.00. The Morgan fingerprint density at radius 1 is 1.53 bits per heavy atom. The minimum atomic E-state index is -1.16. The van der Waals surface area contributed by atoms with Crippen LogP contribution in [0.4, 0.5) is 5.69 Å². The molecule has 0 unspecified atom stereocenters. The molecule has 17 heavy (non-hydrogen) atoms. The third-order valence-corrected chi connectivity index (χ3v) is 3.46. The van der Waals surface area contributed by atoms with Crippen LogP contribution in [-0.2, 0) is 0 Å². The molecule has 0 heterocycles. The van der Waals surface area contributed by atoms with Gasteiger partial charge in [0.05, 0.1) is 15.4 Å². The quantitative estimate of drug-likeness (QED) is 0.497. The topological polar surface area (TPSA) is 80.4 Å². The summed E-state index contributed by atoms with van der Waals surface area (Å²) in [5, 5.41) is 19.6. The Bertz CT molecular complexity index is 445. The second-order valence-corrected chi connectivity index (χ2v) is 5.01. The maximum absolute atomic E-state index is 10.8. The number of hydrogen-bond acceptors (Lipinski definition) is 4. The standard InChI is InChI=1S/C11H13NO4S/c1-7(2)6-17-10-4-3-8(11(13)14)5-9(10)12(15)16/h3-5,7H,6H2,1-2H3,(H,13,14). The van der Waals surface area contributed by atoms with Crippen molar-refractivity contribution in [1.82, 2.24) is 0 Å². The summed E-state index contributed by atoms with van der Waals surface area (Å²) in [5.74, 6) is 0.0139. The van der Waals surface area contributed by atoms with Gasteiger partial charge < -0.3 is 5.11 Å². The zero-order valence-corrected chi connectivity index (χ0v) is 10.4. The number of nitro groups is 1. The van der Waals surface area contributed by atoms with E-state index in [0.717, 1.165) is 11.8 Å². The number of carbonyl (C=O) groups is 1. The second-order valence-electron chi connectivity index (χ2n) is 3.95. The van der Waals surface area contributed by atoms with E-state index in [2.05, 4.69) is 0 Å². The van der Waals surface area contributed by atoms with Crippen LogP contribution >= 0.6 is 11.8 Å². The van der Waals surface area contributed by atoms with Crippen molar-refractivity contribution in [3.8, 4) is 0 Å². The van der Waals surface area contributed by atoms with E-state index in [4.69, 9.17) is 5.11 Å². The molecule has 0 bridgehead atoms. The second kappa shape index (κ2) is 5.67. The van der Waals surface area contributed by atoms with Crippen molar-refractivity contribution in [1.29, 1.82) is 0 Å². The van der Waals surface area contributed by atoms with E-state index in [1.807, 2.05) is 13.8 Å². The van der Waals surface area contributed by atoms with Crippen LogP contribution in [-0.4, -0.2) is 21.8 Å². The molecule has 0 atom stereocenters. The number of carboxylic acid groups (broad SMARTS) is 1. The van der Waals surface area contributed by atoms with Crippen LogP contribution in [0.25, 0.3) is 0 Å². The summed E-state index contributed by atoms with van der Waals surface area (Å²) in [6.45, 7) is 4.04. The van der Waals surface area contributed by atoms with E-state index in [1.54, 1.807) is 0 Å². The molecule has 0 amide bonds. The Labute approximate surface area is 103 Å². The molecule has 1 N–H and O–H groups in total. The predicted octanol–water partition coefficient (Wildman–Crippen LogP) is 3.04. The summed E-state index contributed by atoms with van der Waals surface area (Å²) >= 11 is 1.37. The van der Waals surface area contributed by atoms with Gasteiger partial charge in [-0.25, -0.2) is 4.79 Å². The van der Waals surface area contributed by atoms with E-state index in [-0.39, 0.29) is 11.3 Å². The van der Waals surface area contributed by atoms with Crippen molar-refractivity contribution in [2.45, 2.75) is 18.7 Å². The maximum Gasteiger partial charge on any atom is 0.335 e. The highest BCUT2D eigenvalue weighted by molar-refractivity contribution is 7.99. The minimum absolute atomic E-state index is 0.0643. The lowest BCUT2D eigenvalue weighted by Gasteiger charge is -2.05. The highest BCUT2D eigenvalue weighted by atomic mass is 32.2. The Kier molecular flexibility index (Phi) is 4.51. The van der Waals surface area contributed by atoms with Gasteiger partial charge >= 0.3 is 5.97 Å². The predicted molar refractivity (Wildman–Crippen MR) is 65.6 cm³/mol. The van der Waals surface area contributed by atoms with E-state index in [0.29, 0.717) is 10.8 Å².